The van der Waals surface area contributed by atoms with Crippen molar-refractivity contribution in [1.82, 2.24) is 0 Å². The summed E-state index contributed by atoms with van der Waals surface area (Å²) in [6.07, 6.45) is 0.883. The van der Waals surface area contributed by atoms with Crippen molar-refractivity contribution in [3.63, 3.8) is 0 Å². The van der Waals surface area contributed by atoms with Crippen LogP contribution in [-0.4, -0.2) is 27.4 Å². The SMILES string of the molecule is Cc1c(Cl)cccc1NC(=O)c1cccc(N2C(=O)[C@@H]3[C@H]4C[C@@H]([C@@H](Br)[C@H]4Br)[C@H]3C2=O)c1. The van der Waals surface area contributed by atoms with Gasteiger partial charge in [-0.3, -0.25) is 19.3 Å². The van der Waals surface area contributed by atoms with Crippen LogP contribution >= 0.6 is 43.5 Å². The van der Waals surface area contributed by atoms with Gasteiger partial charge in [0.25, 0.3) is 5.91 Å². The minimum absolute atomic E-state index is 0.151. The lowest BCUT2D eigenvalue weighted by Gasteiger charge is -2.28. The molecule has 31 heavy (non-hydrogen) atoms. The lowest BCUT2D eigenvalue weighted by molar-refractivity contribution is -0.123. The third kappa shape index (κ3) is 3.19. The maximum Gasteiger partial charge on any atom is 0.255 e. The third-order valence-electron chi connectivity index (χ3n) is 6.87. The van der Waals surface area contributed by atoms with Crippen molar-refractivity contribution in [3.05, 3.63) is 58.6 Å². The zero-order chi connectivity index (χ0) is 22.0. The van der Waals surface area contributed by atoms with Crippen molar-refractivity contribution >= 4 is 72.6 Å². The maximum atomic E-state index is 13.2. The van der Waals surface area contributed by atoms with Crippen LogP contribution in [0.2, 0.25) is 5.02 Å². The second-order valence-corrected chi connectivity index (χ2v) is 11.0. The molecule has 2 aromatic carbocycles. The number of hydrogen-bond donors (Lipinski definition) is 1. The van der Waals surface area contributed by atoms with E-state index in [1.165, 1.54) is 4.90 Å². The van der Waals surface area contributed by atoms with Gasteiger partial charge in [0.2, 0.25) is 11.8 Å². The molecule has 2 bridgehead atoms. The number of carbonyl (C=O) groups excluding carboxylic acids is 3. The molecule has 1 aliphatic heterocycles. The normalized spacial score (nSPS) is 31.3. The van der Waals surface area contributed by atoms with Gasteiger partial charge in [-0.15, -0.1) is 0 Å². The molecule has 8 heteroatoms. The fourth-order valence-electron chi connectivity index (χ4n) is 5.33. The molecule has 2 aromatic rings. The number of fused-ring (bicyclic) bond motifs is 5. The van der Waals surface area contributed by atoms with Crippen LogP contribution in [0.1, 0.15) is 22.3 Å². The van der Waals surface area contributed by atoms with Gasteiger partial charge in [0.05, 0.1) is 17.5 Å². The molecule has 0 aromatic heterocycles. The van der Waals surface area contributed by atoms with E-state index in [0.717, 1.165) is 12.0 Å². The summed E-state index contributed by atoms with van der Waals surface area (Å²) in [7, 11) is 0. The van der Waals surface area contributed by atoms with Crippen molar-refractivity contribution in [3.8, 4) is 0 Å². The van der Waals surface area contributed by atoms with Crippen molar-refractivity contribution in [2.75, 3.05) is 10.2 Å². The second kappa shape index (κ2) is 7.71. The topological polar surface area (TPSA) is 66.5 Å². The lowest BCUT2D eigenvalue weighted by atomic mass is 9.81. The van der Waals surface area contributed by atoms with Crippen LogP contribution in [0, 0.1) is 30.6 Å². The Labute approximate surface area is 201 Å². The molecule has 5 nitrogen and oxygen atoms in total. The average molecular weight is 567 g/mol. The third-order valence-corrected chi connectivity index (χ3v) is 10.5. The fourth-order valence-corrected chi connectivity index (χ4v) is 7.37. The number of alkyl halides is 2. The van der Waals surface area contributed by atoms with E-state index < -0.39 is 0 Å². The van der Waals surface area contributed by atoms with Crippen LogP contribution in [0.15, 0.2) is 42.5 Å². The smallest absolute Gasteiger partial charge is 0.255 e. The van der Waals surface area contributed by atoms with Gasteiger partial charge < -0.3 is 5.32 Å². The lowest BCUT2D eigenvalue weighted by Crippen LogP contribution is -2.37. The minimum Gasteiger partial charge on any atom is -0.322 e. The summed E-state index contributed by atoms with van der Waals surface area (Å²) in [5.41, 5.74) is 2.20. The van der Waals surface area contributed by atoms with E-state index >= 15 is 0 Å². The van der Waals surface area contributed by atoms with Crippen LogP contribution in [0.4, 0.5) is 11.4 Å². The number of nitrogens with one attached hydrogen (secondary N) is 1. The summed E-state index contributed by atoms with van der Waals surface area (Å²) in [4.78, 5) is 41.0. The van der Waals surface area contributed by atoms with Gasteiger partial charge in [0.1, 0.15) is 0 Å². The molecule has 0 unspecified atom stereocenters. The van der Waals surface area contributed by atoms with Crippen molar-refractivity contribution in [2.24, 2.45) is 23.7 Å². The zero-order valence-electron chi connectivity index (χ0n) is 16.5. The van der Waals surface area contributed by atoms with Gasteiger partial charge in [-0.1, -0.05) is 55.6 Å². The Bertz CT molecular complexity index is 1090. The van der Waals surface area contributed by atoms with E-state index in [4.69, 9.17) is 11.6 Å². The Hall–Kier alpha value is -1.70. The maximum absolute atomic E-state index is 13.2. The van der Waals surface area contributed by atoms with Gasteiger partial charge in [-0.2, -0.15) is 0 Å². The van der Waals surface area contributed by atoms with Crippen molar-refractivity contribution in [1.29, 1.82) is 0 Å². The Kier molecular flexibility index (Phi) is 5.26. The van der Waals surface area contributed by atoms with Gasteiger partial charge in [0, 0.05) is 25.9 Å². The summed E-state index contributed by atoms with van der Waals surface area (Å²) >= 11 is 13.5. The molecule has 3 fully saturated rings. The van der Waals surface area contributed by atoms with Gasteiger partial charge >= 0.3 is 0 Å². The van der Waals surface area contributed by atoms with Gasteiger partial charge in [-0.05, 0) is 61.1 Å². The molecule has 2 aliphatic carbocycles. The Morgan fingerprint density at radius 2 is 1.65 bits per heavy atom. The summed E-state index contributed by atoms with van der Waals surface area (Å²) in [5.74, 6) is -0.919. The van der Waals surface area contributed by atoms with E-state index in [1.54, 1.807) is 42.5 Å². The van der Waals surface area contributed by atoms with E-state index in [-0.39, 0.29) is 51.0 Å². The molecule has 1 saturated heterocycles. The van der Waals surface area contributed by atoms with Crippen molar-refractivity contribution < 1.29 is 14.4 Å². The number of nitrogens with zero attached hydrogens (tertiary/aromatic N) is 1. The van der Waals surface area contributed by atoms with Crippen LogP contribution in [0.3, 0.4) is 0 Å². The number of amides is 3. The predicted octanol–water partition coefficient (Wildman–Crippen LogP) is 5.18. The summed E-state index contributed by atoms with van der Waals surface area (Å²) < 4.78 is 0. The average Bonchev–Trinajstić information content (AvgIpc) is 3.36. The second-order valence-electron chi connectivity index (χ2n) is 8.43. The monoisotopic (exact) mass is 564 g/mol. The molecule has 160 valence electrons. The Balaban J connectivity index is 1.42. The number of carbonyl (C=O) groups is 3. The highest BCUT2D eigenvalue weighted by molar-refractivity contribution is 9.12. The quantitative estimate of drug-likeness (QED) is 0.411. The highest BCUT2D eigenvalue weighted by Gasteiger charge is 2.66. The molecule has 0 radical (unpaired) electrons. The molecular formula is C23H19Br2ClN2O3. The molecule has 3 amide bonds. The predicted molar refractivity (Wildman–Crippen MR) is 127 cm³/mol. The standard InChI is InChI=1S/C23H19Br2ClN2O3/c1-10-15(26)6-3-7-16(10)27-21(29)11-4-2-5-12(8-11)28-22(30)17-13-9-14(18(17)23(28)31)20(25)19(13)24/h2-8,13-14,17-20H,9H2,1H3,(H,27,29)/t13-,14-,17-,18-,19-,20+/m1/s1. The van der Waals surface area contributed by atoms with Gasteiger partial charge in [-0.25, -0.2) is 0 Å². The highest BCUT2D eigenvalue weighted by atomic mass is 79.9. The molecule has 1 N–H and O–H groups in total. The van der Waals surface area contributed by atoms with Gasteiger partial charge in [0.15, 0.2) is 0 Å². The fraction of sp³-hybridized carbons (Fsp3) is 0.348. The highest BCUT2D eigenvalue weighted by Crippen LogP contribution is 2.60. The van der Waals surface area contributed by atoms with E-state index in [1.807, 2.05) is 6.92 Å². The van der Waals surface area contributed by atoms with E-state index in [0.29, 0.717) is 22.0 Å². The molecule has 3 aliphatic rings. The first-order valence-electron chi connectivity index (χ1n) is 10.1. The van der Waals surface area contributed by atoms with Crippen LogP contribution in [-0.2, 0) is 9.59 Å². The summed E-state index contributed by atoms with van der Waals surface area (Å²) in [5, 5.41) is 3.42. The first-order valence-corrected chi connectivity index (χ1v) is 12.3. The van der Waals surface area contributed by atoms with Crippen molar-refractivity contribution in [2.45, 2.75) is 23.0 Å². The molecule has 0 spiro atoms. The molecule has 2 saturated carbocycles. The van der Waals surface area contributed by atoms with Crippen LogP contribution in [0.5, 0.6) is 0 Å². The number of halogens is 3. The minimum atomic E-state index is -0.326. The van der Waals surface area contributed by atoms with Crippen LogP contribution in [0.25, 0.3) is 0 Å². The number of anilines is 2. The molecule has 6 atom stereocenters. The summed E-state index contributed by atoms with van der Waals surface area (Å²) in [6, 6.07) is 12.0. The van der Waals surface area contributed by atoms with E-state index in [9.17, 15) is 14.4 Å². The number of hydrogen-bond acceptors (Lipinski definition) is 3. The first kappa shape index (κ1) is 21.2. The molecule has 5 rings (SSSR count). The zero-order valence-corrected chi connectivity index (χ0v) is 20.4. The number of benzene rings is 2. The van der Waals surface area contributed by atoms with Crippen LogP contribution < -0.4 is 10.2 Å². The largest absolute Gasteiger partial charge is 0.322 e. The number of rotatable bonds is 3. The first-order chi connectivity index (χ1) is 14.8. The molecule has 1 heterocycles. The molecular weight excluding hydrogens is 548 g/mol. The number of imide groups is 1. The summed E-state index contributed by atoms with van der Waals surface area (Å²) in [6.45, 7) is 1.83. The Morgan fingerprint density at radius 1 is 1.03 bits per heavy atom. The Morgan fingerprint density at radius 3 is 2.29 bits per heavy atom. The van der Waals surface area contributed by atoms with E-state index in [2.05, 4.69) is 37.2 Å².